The van der Waals surface area contributed by atoms with E-state index in [0.29, 0.717) is 30.9 Å². The van der Waals surface area contributed by atoms with E-state index in [-0.39, 0.29) is 12.0 Å². The first-order valence-electron chi connectivity index (χ1n) is 7.56. The van der Waals surface area contributed by atoms with Crippen LogP contribution in [0.3, 0.4) is 0 Å². The average Bonchev–Trinajstić information content (AvgIpc) is 3.01. The van der Waals surface area contributed by atoms with Crippen LogP contribution in [0, 0.1) is 6.92 Å². The van der Waals surface area contributed by atoms with E-state index >= 15 is 0 Å². The molecular weight excluding hydrogens is 328 g/mol. The second kappa shape index (κ2) is 8.97. The van der Waals surface area contributed by atoms with Crippen molar-refractivity contribution in [1.82, 2.24) is 15.5 Å². The van der Waals surface area contributed by atoms with Crippen LogP contribution in [0.2, 0.25) is 0 Å². The molecule has 1 aromatic heterocycles. The van der Waals surface area contributed by atoms with Crippen molar-refractivity contribution in [2.45, 2.75) is 32.7 Å². The number of nitrogens with zero attached hydrogens (tertiary/aromatic N) is 2. The lowest BCUT2D eigenvalue weighted by Gasteiger charge is -2.05. The van der Waals surface area contributed by atoms with Crippen molar-refractivity contribution in [3.05, 3.63) is 40.4 Å². The molecule has 128 valence electrons. The zero-order valence-electron chi connectivity index (χ0n) is 13.7. The van der Waals surface area contributed by atoms with Crippen LogP contribution in [0.5, 0.6) is 0 Å². The van der Waals surface area contributed by atoms with Gasteiger partial charge >= 0.3 is 12.0 Å². The highest BCUT2D eigenvalue weighted by Gasteiger charge is 2.09. The number of hydrogen-bond acceptors (Lipinski definition) is 6. The summed E-state index contributed by atoms with van der Waals surface area (Å²) in [5.74, 6) is -0.242. The summed E-state index contributed by atoms with van der Waals surface area (Å²) >= 11 is 1.30. The molecule has 0 saturated heterocycles. The highest BCUT2D eigenvalue weighted by molar-refractivity contribution is 7.15. The van der Waals surface area contributed by atoms with Crippen LogP contribution < -0.4 is 10.6 Å². The minimum absolute atomic E-state index is 0.242. The number of methoxy groups -OCH3 is 1. The monoisotopic (exact) mass is 348 g/mol. The van der Waals surface area contributed by atoms with E-state index in [9.17, 15) is 9.59 Å². The molecule has 0 saturated carbocycles. The van der Waals surface area contributed by atoms with Crippen molar-refractivity contribution in [1.29, 1.82) is 0 Å². The summed E-state index contributed by atoms with van der Waals surface area (Å²) in [5.41, 5.74) is 2.20. The standard InChI is InChI=1S/C16H20N4O3S/c1-11-6-8-12(9-7-11)10-17-15(22)18-16-20-19-13(24-16)4-3-5-14(21)23-2/h6-9H,3-5,10H2,1-2H3,(H2,17,18,20,22). The van der Waals surface area contributed by atoms with Gasteiger partial charge < -0.3 is 10.1 Å². The summed E-state index contributed by atoms with van der Waals surface area (Å²) in [5, 5.41) is 14.5. The van der Waals surface area contributed by atoms with Crippen LogP contribution in [-0.4, -0.2) is 29.3 Å². The van der Waals surface area contributed by atoms with Crippen molar-refractivity contribution in [3.63, 3.8) is 0 Å². The van der Waals surface area contributed by atoms with Gasteiger partial charge in [0.15, 0.2) is 0 Å². The summed E-state index contributed by atoms with van der Waals surface area (Å²) in [7, 11) is 1.37. The number of carbonyl (C=O) groups is 2. The van der Waals surface area contributed by atoms with Crippen LogP contribution in [-0.2, 0) is 22.5 Å². The SMILES string of the molecule is COC(=O)CCCc1nnc(NC(=O)NCc2ccc(C)cc2)s1. The Balaban J connectivity index is 1.73. The summed E-state index contributed by atoms with van der Waals surface area (Å²) in [4.78, 5) is 22.9. The van der Waals surface area contributed by atoms with Crippen LogP contribution in [0.1, 0.15) is 29.0 Å². The molecule has 0 atom stereocenters. The quantitative estimate of drug-likeness (QED) is 0.750. The second-order valence-corrected chi connectivity index (χ2v) is 6.29. The molecule has 1 aromatic carbocycles. The molecule has 1 heterocycles. The number of anilines is 1. The van der Waals surface area contributed by atoms with E-state index in [4.69, 9.17) is 0 Å². The first-order chi connectivity index (χ1) is 11.6. The van der Waals surface area contributed by atoms with Crippen LogP contribution in [0.25, 0.3) is 0 Å². The van der Waals surface area contributed by atoms with Gasteiger partial charge in [-0.25, -0.2) is 4.79 Å². The largest absolute Gasteiger partial charge is 0.469 e. The van der Waals surface area contributed by atoms with Crippen molar-refractivity contribution >= 4 is 28.5 Å². The number of rotatable bonds is 7. The number of nitrogens with one attached hydrogen (secondary N) is 2. The Morgan fingerprint density at radius 1 is 1.21 bits per heavy atom. The zero-order valence-corrected chi connectivity index (χ0v) is 14.5. The lowest BCUT2D eigenvalue weighted by Crippen LogP contribution is -2.28. The number of esters is 1. The number of aromatic nitrogens is 2. The smallest absolute Gasteiger partial charge is 0.321 e. The molecule has 8 heteroatoms. The number of carbonyl (C=O) groups excluding carboxylic acids is 2. The predicted molar refractivity (Wildman–Crippen MR) is 91.9 cm³/mol. The highest BCUT2D eigenvalue weighted by atomic mass is 32.1. The van der Waals surface area contributed by atoms with Gasteiger partial charge in [0.05, 0.1) is 7.11 Å². The Morgan fingerprint density at radius 3 is 2.67 bits per heavy atom. The molecule has 2 rings (SSSR count). The minimum atomic E-state index is -0.326. The van der Waals surface area contributed by atoms with E-state index in [1.54, 1.807) is 0 Å². The molecule has 2 aromatic rings. The van der Waals surface area contributed by atoms with Gasteiger partial charge in [-0.1, -0.05) is 41.2 Å². The topological polar surface area (TPSA) is 93.2 Å². The second-order valence-electron chi connectivity index (χ2n) is 5.22. The predicted octanol–water partition coefficient (Wildman–Crippen LogP) is 2.66. The summed E-state index contributed by atoms with van der Waals surface area (Å²) in [6.07, 6.45) is 1.61. The van der Waals surface area contributed by atoms with Crippen molar-refractivity contribution < 1.29 is 14.3 Å². The third kappa shape index (κ3) is 5.96. The molecule has 0 bridgehead atoms. The van der Waals surface area contributed by atoms with Gasteiger partial charge in [-0.05, 0) is 18.9 Å². The molecule has 0 spiro atoms. The van der Waals surface area contributed by atoms with E-state index in [2.05, 4.69) is 25.6 Å². The van der Waals surface area contributed by atoms with Crippen LogP contribution in [0.15, 0.2) is 24.3 Å². The Bertz CT molecular complexity index is 685. The first kappa shape index (κ1) is 17.9. The number of aryl methyl sites for hydroxylation is 2. The molecule has 24 heavy (non-hydrogen) atoms. The van der Waals surface area contributed by atoms with E-state index in [1.165, 1.54) is 24.0 Å². The fourth-order valence-electron chi connectivity index (χ4n) is 1.92. The minimum Gasteiger partial charge on any atom is -0.469 e. The fraction of sp³-hybridized carbons (Fsp3) is 0.375. The molecule has 0 unspecified atom stereocenters. The Labute approximate surface area is 144 Å². The summed E-state index contributed by atoms with van der Waals surface area (Å²) in [6.45, 7) is 2.46. The molecule has 2 amide bonds. The number of urea groups is 1. The molecule has 2 N–H and O–H groups in total. The summed E-state index contributed by atoms with van der Waals surface area (Å²) in [6, 6.07) is 7.62. The number of benzene rings is 1. The van der Waals surface area contributed by atoms with E-state index in [0.717, 1.165) is 10.6 Å². The number of ether oxygens (including phenoxy) is 1. The van der Waals surface area contributed by atoms with E-state index in [1.807, 2.05) is 31.2 Å². The van der Waals surface area contributed by atoms with Gasteiger partial charge in [-0.3, -0.25) is 10.1 Å². The molecule has 0 radical (unpaired) electrons. The van der Waals surface area contributed by atoms with Gasteiger partial charge in [-0.15, -0.1) is 10.2 Å². The van der Waals surface area contributed by atoms with Gasteiger partial charge in [0.2, 0.25) is 5.13 Å². The number of amides is 2. The number of hydrogen-bond donors (Lipinski definition) is 2. The fourth-order valence-corrected chi connectivity index (χ4v) is 2.70. The highest BCUT2D eigenvalue weighted by Crippen LogP contribution is 2.17. The maximum Gasteiger partial charge on any atom is 0.321 e. The van der Waals surface area contributed by atoms with Gasteiger partial charge in [0.1, 0.15) is 5.01 Å². The Morgan fingerprint density at radius 2 is 1.96 bits per heavy atom. The van der Waals surface area contributed by atoms with Gasteiger partial charge in [0, 0.05) is 19.4 Å². The lowest BCUT2D eigenvalue weighted by molar-refractivity contribution is -0.140. The van der Waals surface area contributed by atoms with Crippen molar-refractivity contribution in [2.24, 2.45) is 0 Å². The third-order valence-corrected chi connectivity index (χ3v) is 4.16. The van der Waals surface area contributed by atoms with Crippen molar-refractivity contribution in [2.75, 3.05) is 12.4 Å². The molecule has 0 aliphatic carbocycles. The molecule has 0 fully saturated rings. The molecular formula is C16H20N4O3S. The van der Waals surface area contributed by atoms with E-state index < -0.39 is 0 Å². The third-order valence-electron chi connectivity index (χ3n) is 3.26. The van der Waals surface area contributed by atoms with Gasteiger partial charge in [-0.2, -0.15) is 0 Å². The molecule has 7 nitrogen and oxygen atoms in total. The maximum absolute atomic E-state index is 11.9. The average molecular weight is 348 g/mol. The van der Waals surface area contributed by atoms with Crippen molar-refractivity contribution in [3.8, 4) is 0 Å². The maximum atomic E-state index is 11.9. The molecule has 0 aliphatic heterocycles. The van der Waals surface area contributed by atoms with Crippen LogP contribution >= 0.6 is 11.3 Å². The molecule has 0 aliphatic rings. The Hall–Kier alpha value is -2.48. The lowest BCUT2D eigenvalue weighted by atomic mass is 10.1. The zero-order chi connectivity index (χ0) is 17.4. The Kier molecular flexibility index (Phi) is 6.68. The first-order valence-corrected chi connectivity index (χ1v) is 8.38. The van der Waals surface area contributed by atoms with Gasteiger partial charge in [0.25, 0.3) is 0 Å². The summed E-state index contributed by atoms with van der Waals surface area (Å²) < 4.78 is 4.58. The van der Waals surface area contributed by atoms with Crippen LogP contribution in [0.4, 0.5) is 9.93 Å². The normalized spacial score (nSPS) is 10.2.